The van der Waals surface area contributed by atoms with Crippen LogP contribution in [0, 0.1) is 0 Å². The predicted molar refractivity (Wildman–Crippen MR) is 131 cm³/mol. The lowest BCUT2D eigenvalue weighted by atomic mass is 10.0. The number of hydrogen-bond donors (Lipinski definition) is 9. The minimum atomic E-state index is -1.71. The molecule has 15 heteroatoms. The summed E-state index contributed by atoms with van der Waals surface area (Å²) >= 11 is 0. The van der Waals surface area contributed by atoms with Crippen molar-refractivity contribution in [2.45, 2.75) is 49.9 Å². The fourth-order valence-electron chi connectivity index (χ4n) is 3.57. The number of aliphatic hydroxyl groups excluding tert-OH is 1. The molecular weight excluding hydrogens is 504 g/mol. The molecule has 4 unspecified atom stereocenters. The summed E-state index contributed by atoms with van der Waals surface area (Å²) < 4.78 is 0. The monoisotopic (exact) mass is 534 g/mol. The number of aliphatic hydroxyl groups is 1. The number of rotatable bonds is 15. The molecule has 11 N–H and O–H groups in total. The maximum atomic E-state index is 13.3. The van der Waals surface area contributed by atoms with E-state index in [4.69, 9.17) is 16.6 Å². The van der Waals surface area contributed by atoms with E-state index in [0.29, 0.717) is 5.56 Å². The molecule has 38 heavy (non-hydrogen) atoms. The van der Waals surface area contributed by atoms with Crippen LogP contribution in [0.5, 0.6) is 0 Å². The maximum absolute atomic E-state index is 13.3. The Morgan fingerprint density at radius 2 is 1.50 bits per heavy atom. The number of aliphatic carboxylic acids is 2. The molecule has 2 rings (SSSR count). The first-order valence-electron chi connectivity index (χ1n) is 11.5. The molecular formula is C23H30N6O9. The lowest BCUT2D eigenvalue weighted by Crippen LogP contribution is -2.58. The van der Waals surface area contributed by atoms with Gasteiger partial charge in [-0.05, 0) is 18.1 Å². The van der Waals surface area contributed by atoms with Gasteiger partial charge >= 0.3 is 11.9 Å². The number of carboxylic acid groups (broad SMARTS) is 2. The molecule has 1 aromatic carbocycles. The fraction of sp³-hybridized carbons (Fsp3) is 0.391. The van der Waals surface area contributed by atoms with Gasteiger partial charge in [-0.2, -0.15) is 0 Å². The topological polar surface area (TPSA) is 267 Å². The molecule has 0 radical (unpaired) electrons. The van der Waals surface area contributed by atoms with Gasteiger partial charge < -0.3 is 47.7 Å². The van der Waals surface area contributed by atoms with E-state index in [1.165, 1.54) is 0 Å². The van der Waals surface area contributed by atoms with Crippen LogP contribution in [0.1, 0.15) is 24.8 Å². The van der Waals surface area contributed by atoms with Gasteiger partial charge in [-0.1, -0.05) is 18.2 Å². The van der Waals surface area contributed by atoms with Crippen molar-refractivity contribution < 1.29 is 44.1 Å². The second kappa shape index (κ2) is 13.7. The summed E-state index contributed by atoms with van der Waals surface area (Å²) in [5.41, 5.74) is 12.0. The number of fused-ring (bicyclic) bond motifs is 1. The molecule has 0 spiro atoms. The van der Waals surface area contributed by atoms with E-state index in [9.17, 15) is 39.0 Å². The molecule has 4 amide bonds. The molecule has 0 aliphatic rings. The van der Waals surface area contributed by atoms with E-state index < -0.39 is 85.6 Å². The van der Waals surface area contributed by atoms with Gasteiger partial charge in [0.05, 0.1) is 13.0 Å². The zero-order chi connectivity index (χ0) is 28.4. The fourth-order valence-corrected chi connectivity index (χ4v) is 3.57. The van der Waals surface area contributed by atoms with Crippen molar-refractivity contribution in [1.29, 1.82) is 0 Å². The van der Waals surface area contributed by atoms with Gasteiger partial charge in [-0.3, -0.25) is 24.0 Å². The highest BCUT2D eigenvalue weighted by Gasteiger charge is 2.31. The summed E-state index contributed by atoms with van der Waals surface area (Å²) in [4.78, 5) is 75.1. The highest BCUT2D eigenvalue weighted by Crippen LogP contribution is 2.19. The Balaban J connectivity index is 2.30. The van der Waals surface area contributed by atoms with Gasteiger partial charge in [-0.15, -0.1) is 0 Å². The van der Waals surface area contributed by atoms with Gasteiger partial charge in [0, 0.05) is 29.9 Å². The molecule has 1 heterocycles. The zero-order valence-corrected chi connectivity index (χ0v) is 20.2. The third-order valence-corrected chi connectivity index (χ3v) is 5.57. The van der Waals surface area contributed by atoms with E-state index in [-0.39, 0.29) is 6.42 Å². The number of aromatic amines is 1. The van der Waals surface area contributed by atoms with E-state index in [0.717, 1.165) is 10.9 Å². The summed E-state index contributed by atoms with van der Waals surface area (Å²) in [6, 6.07) is 1.23. The lowest BCUT2D eigenvalue weighted by Gasteiger charge is -2.24. The van der Waals surface area contributed by atoms with Crippen LogP contribution in [0.25, 0.3) is 10.9 Å². The number of aromatic nitrogens is 1. The standard InChI is InChI=1S/C23H30N6O9/c24-13(10-30)20(34)28-16(7-11-9-26-14-4-2-1-3-12(11)14)22(36)27-15(5-6-19(32)33)21(35)29-17(23(37)38)8-18(25)31/h1-4,9,13,15-17,26,30H,5-8,10,24H2,(H2,25,31)(H,27,36)(H,28,34)(H,29,35)(H,32,33)(H,37,38). The quantitative estimate of drug-likeness (QED) is 0.114. The highest BCUT2D eigenvalue weighted by atomic mass is 16.4. The Hall–Kier alpha value is -4.50. The number of benzene rings is 1. The molecule has 0 saturated carbocycles. The Morgan fingerprint density at radius 1 is 0.895 bits per heavy atom. The largest absolute Gasteiger partial charge is 0.481 e. The van der Waals surface area contributed by atoms with Gasteiger partial charge in [0.1, 0.15) is 24.2 Å². The Labute approximate surface area is 215 Å². The summed E-state index contributed by atoms with van der Waals surface area (Å²) in [6.07, 6.45) is -0.190. The van der Waals surface area contributed by atoms with E-state index in [1.807, 2.05) is 0 Å². The highest BCUT2D eigenvalue weighted by molar-refractivity contribution is 5.95. The number of nitrogens with one attached hydrogen (secondary N) is 4. The van der Waals surface area contributed by atoms with Gasteiger partial charge in [-0.25, -0.2) is 4.79 Å². The molecule has 0 fully saturated rings. The molecule has 4 atom stereocenters. The number of carbonyl (C=O) groups excluding carboxylic acids is 4. The smallest absolute Gasteiger partial charge is 0.326 e. The van der Waals surface area contributed by atoms with Crippen molar-refractivity contribution in [1.82, 2.24) is 20.9 Å². The molecule has 1 aromatic heterocycles. The molecule has 0 aliphatic carbocycles. The van der Waals surface area contributed by atoms with Gasteiger partial charge in [0.15, 0.2) is 0 Å². The normalized spacial score (nSPS) is 14.1. The van der Waals surface area contributed by atoms with Crippen molar-refractivity contribution >= 4 is 46.5 Å². The number of nitrogens with two attached hydrogens (primary N) is 2. The molecule has 15 nitrogen and oxygen atoms in total. The van der Waals surface area contributed by atoms with E-state index in [2.05, 4.69) is 20.9 Å². The van der Waals surface area contributed by atoms with Gasteiger partial charge in [0.25, 0.3) is 0 Å². The average Bonchev–Trinajstić information content (AvgIpc) is 3.27. The number of para-hydroxylation sites is 1. The third kappa shape index (κ3) is 8.56. The van der Waals surface area contributed by atoms with Crippen LogP contribution in [0.2, 0.25) is 0 Å². The van der Waals surface area contributed by atoms with E-state index >= 15 is 0 Å². The number of carbonyl (C=O) groups is 6. The number of primary amides is 1. The van der Waals surface area contributed by atoms with Crippen molar-refractivity contribution in [3.8, 4) is 0 Å². The van der Waals surface area contributed by atoms with Crippen molar-refractivity contribution in [2.24, 2.45) is 11.5 Å². The second-order valence-electron chi connectivity index (χ2n) is 8.48. The minimum absolute atomic E-state index is 0.0770. The van der Waals surface area contributed by atoms with Crippen LogP contribution in [-0.2, 0) is 35.2 Å². The van der Waals surface area contributed by atoms with Gasteiger partial charge in [0.2, 0.25) is 23.6 Å². The third-order valence-electron chi connectivity index (χ3n) is 5.57. The van der Waals surface area contributed by atoms with Crippen LogP contribution in [0.15, 0.2) is 30.5 Å². The minimum Gasteiger partial charge on any atom is -0.481 e. The number of hydrogen-bond acceptors (Lipinski definition) is 8. The van der Waals surface area contributed by atoms with Crippen LogP contribution in [-0.4, -0.2) is 86.6 Å². The van der Waals surface area contributed by atoms with Crippen LogP contribution in [0.4, 0.5) is 0 Å². The molecule has 0 bridgehead atoms. The van der Waals surface area contributed by atoms with Crippen molar-refractivity contribution in [2.75, 3.05) is 6.61 Å². The van der Waals surface area contributed by atoms with Crippen LogP contribution >= 0.6 is 0 Å². The number of amides is 4. The second-order valence-corrected chi connectivity index (χ2v) is 8.48. The van der Waals surface area contributed by atoms with Crippen molar-refractivity contribution in [3.05, 3.63) is 36.0 Å². The first-order valence-corrected chi connectivity index (χ1v) is 11.5. The molecule has 0 saturated heterocycles. The molecule has 206 valence electrons. The Kier molecular flexibility index (Phi) is 10.7. The Morgan fingerprint density at radius 3 is 2.11 bits per heavy atom. The first-order chi connectivity index (χ1) is 17.9. The lowest BCUT2D eigenvalue weighted by molar-refractivity contribution is -0.144. The number of H-pyrrole nitrogens is 1. The average molecular weight is 535 g/mol. The summed E-state index contributed by atoms with van der Waals surface area (Å²) in [5, 5.41) is 35.1. The Bertz CT molecular complexity index is 1200. The molecule has 2 aromatic rings. The molecule has 0 aliphatic heterocycles. The summed E-state index contributed by atoms with van der Waals surface area (Å²) in [6.45, 7) is -0.701. The first kappa shape index (κ1) is 29.7. The number of carboxylic acids is 2. The summed E-state index contributed by atoms with van der Waals surface area (Å²) in [5.74, 6) is -6.69. The SMILES string of the molecule is NC(=O)CC(NC(=O)C(CCC(=O)O)NC(=O)C(Cc1c[nH]c2ccccc12)NC(=O)C(N)CO)C(=O)O. The van der Waals surface area contributed by atoms with Crippen LogP contribution in [0.3, 0.4) is 0 Å². The maximum Gasteiger partial charge on any atom is 0.326 e. The van der Waals surface area contributed by atoms with Crippen LogP contribution < -0.4 is 27.4 Å². The zero-order valence-electron chi connectivity index (χ0n) is 20.2. The van der Waals surface area contributed by atoms with E-state index in [1.54, 1.807) is 30.5 Å². The van der Waals surface area contributed by atoms with Crippen molar-refractivity contribution in [3.63, 3.8) is 0 Å². The summed E-state index contributed by atoms with van der Waals surface area (Å²) in [7, 11) is 0. The predicted octanol–water partition coefficient (Wildman–Crippen LogP) is -2.69.